The zero-order chi connectivity index (χ0) is 23.4. The van der Waals surface area contributed by atoms with Crippen molar-refractivity contribution in [3.05, 3.63) is 60.3 Å². The van der Waals surface area contributed by atoms with Crippen molar-refractivity contribution < 1.29 is 22.7 Å². The number of fused-ring (bicyclic) bond motifs is 1. The van der Waals surface area contributed by atoms with Gasteiger partial charge >= 0.3 is 6.36 Å². The van der Waals surface area contributed by atoms with Crippen molar-refractivity contribution in [2.75, 3.05) is 43.4 Å². The van der Waals surface area contributed by atoms with E-state index in [4.69, 9.17) is 0 Å². The summed E-state index contributed by atoms with van der Waals surface area (Å²) >= 11 is 0. The molecule has 0 atom stereocenters. The van der Waals surface area contributed by atoms with Crippen molar-refractivity contribution >= 4 is 34.5 Å². The van der Waals surface area contributed by atoms with Gasteiger partial charge in [0.25, 0.3) is 0 Å². The number of likely N-dealkylation sites (N-methyl/N-ethyl adjacent to an activating group) is 1. The molecular formula is C23H22F3N5O2. The predicted octanol–water partition coefficient (Wildman–Crippen LogP) is 3.93. The van der Waals surface area contributed by atoms with Crippen LogP contribution >= 0.6 is 0 Å². The van der Waals surface area contributed by atoms with Gasteiger partial charge in [-0.25, -0.2) is 9.97 Å². The van der Waals surface area contributed by atoms with Gasteiger partial charge in [0.2, 0.25) is 11.9 Å². The summed E-state index contributed by atoms with van der Waals surface area (Å²) in [5.74, 6) is 0.000165. The Morgan fingerprint density at radius 1 is 1.09 bits per heavy atom. The van der Waals surface area contributed by atoms with E-state index in [1.807, 2.05) is 6.07 Å². The second-order valence-corrected chi connectivity index (χ2v) is 7.67. The highest BCUT2D eigenvalue weighted by Crippen LogP contribution is 2.23. The lowest BCUT2D eigenvalue weighted by Crippen LogP contribution is -2.45. The van der Waals surface area contributed by atoms with Crippen molar-refractivity contribution in [1.82, 2.24) is 14.9 Å². The molecule has 0 aliphatic carbocycles. The van der Waals surface area contributed by atoms with Crippen LogP contribution in [0, 0.1) is 0 Å². The summed E-state index contributed by atoms with van der Waals surface area (Å²) < 4.78 is 40.5. The van der Waals surface area contributed by atoms with E-state index >= 15 is 0 Å². The first-order valence-electron chi connectivity index (χ1n) is 10.3. The summed E-state index contributed by atoms with van der Waals surface area (Å²) in [6.45, 7) is 3.68. The monoisotopic (exact) mass is 457 g/mol. The molecule has 0 bridgehead atoms. The highest BCUT2D eigenvalue weighted by Gasteiger charge is 2.30. The van der Waals surface area contributed by atoms with Crippen LogP contribution in [0.15, 0.2) is 54.7 Å². The standard InChI is InChI=1S/C23H22F3N5O2/c1-30-10-12-31(13-11-30)22-27-15-17-14-18(5-8-20(17)29-22)28-21(32)9-4-16-2-6-19(7-3-16)33-23(24,25)26/h2-9,14-15H,10-13H2,1H3,(H,28,32). The Balaban J connectivity index is 1.38. The van der Waals surface area contributed by atoms with Gasteiger partial charge in [-0.05, 0) is 49.0 Å². The maximum atomic E-state index is 12.3. The molecule has 7 nitrogen and oxygen atoms in total. The molecule has 33 heavy (non-hydrogen) atoms. The van der Waals surface area contributed by atoms with Crippen LogP contribution in [-0.2, 0) is 4.79 Å². The van der Waals surface area contributed by atoms with Crippen LogP contribution in [0.2, 0.25) is 0 Å². The minimum Gasteiger partial charge on any atom is -0.406 e. The maximum Gasteiger partial charge on any atom is 0.573 e. The molecular weight excluding hydrogens is 435 g/mol. The summed E-state index contributed by atoms with van der Waals surface area (Å²) in [5, 5.41) is 3.56. The van der Waals surface area contributed by atoms with E-state index in [-0.39, 0.29) is 11.7 Å². The second-order valence-electron chi connectivity index (χ2n) is 7.67. The molecule has 1 N–H and O–H groups in total. The number of ether oxygens (including phenoxy) is 1. The molecule has 172 valence electrons. The van der Waals surface area contributed by atoms with E-state index in [1.165, 1.54) is 36.4 Å². The number of hydrogen-bond donors (Lipinski definition) is 1. The first-order valence-corrected chi connectivity index (χ1v) is 10.3. The highest BCUT2D eigenvalue weighted by molar-refractivity contribution is 6.02. The number of anilines is 2. The fraction of sp³-hybridized carbons (Fsp3) is 0.261. The Morgan fingerprint density at radius 3 is 2.52 bits per heavy atom. The quantitative estimate of drug-likeness (QED) is 0.586. The first-order chi connectivity index (χ1) is 15.7. The fourth-order valence-electron chi connectivity index (χ4n) is 3.40. The van der Waals surface area contributed by atoms with Crippen molar-refractivity contribution in [2.45, 2.75) is 6.36 Å². The lowest BCUT2D eigenvalue weighted by atomic mass is 10.2. The Labute approximate surface area is 188 Å². The zero-order valence-electron chi connectivity index (χ0n) is 17.8. The SMILES string of the molecule is CN1CCN(c2ncc3cc(NC(=O)C=Cc4ccc(OC(F)(F)F)cc4)ccc3n2)CC1. The van der Waals surface area contributed by atoms with Gasteiger partial charge in [0.05, 0.1) is 5.52 Å². The van der Waals surface area contributed by atoms with Gasteiger partial charge in [0, 0.05) is 49.5 Å². The zero-order valence-corrected chi connectivity index (χ0v) is 17.8. The number of rotatable bonds is 5. The van der Waals surface area contributed by atoms with E-state index in [9.17, 15) is 18.0 Å². The van der Waals surface area contributed by atoms with Gasteiger partial charge < -0.3 is 19.9 Å². The van der Waals surface area contributed by atoms with Crippen LogP contribution in [0.3, 0.4) is 0 Å². The average molecular weight is 457 g/mol. The molecule has 2 heterocycles. The van der Waals surface area contributed by atoms with Gasteiger partial charge in [0.1, 0.15) is 5.75 Å². The molecule has 1 amide bonds. The molecule has 3 aromatic rings. The third-order valence-electron chi connectivity index (χ3n) is 5.16. The van der Waals surface area contributed by atoms with Gasteiger partial charge in [-0.1, -0.05) is 12.1 Å². The normalized spacial score (nSPS) is 15.2. The number of carbonyl (C=O) groups is 1. The van der Waals surface area contributed by atoms with Crippen LogP contribution in [0.25, 0.3) is 17.0 Å². The molecule has 1 aliphatic heterocycles. The summed E-state index contributed by atoms with van der Waals surface area (Å²) in [6, 6.07) is 10.6. The molecule has 0 saturated carbocycles. The largest absolute Gasteiger partial charge is 0.573 e. The van der Waals surface area contributed by atoms with E-state index in [0.717, 1.165) is 37.1 Å². The summed E-state index contributed by atoms with van der Waals surface area (Å²) in [6.07, 6.45) is -0.198. The number of aromatic nitrogens is 2. The summed E-state index contributed by atoms with van der Waals surface area (Å²) in [5.41, 5.74) is 1.93. The van der Waals surface area contributed by atoms with Crippen LogP contribution in [-0.4, -0.2) is 60.4 Å². The molecule has 1 aromatic heterocycles. The first kappa shape index (κ1) is 22.5. The van der Waals surface area contributed by atoms with Crippen LogP contribution < -0.4 is 15.0 Å². The lowest BCUT2D eigenvalue weighted by Gasteiger charge is -2.32. The number of benzene rings is 2. The van der Waals surface area contributed by atoms with E-state index in [2.05, 4.69) is 36.9 Å². The second kappa shape index (κ2) is 9.45. The van der Waals surface area contributed by atoms with Crippen LogP contribution in [0.1, 0.15) is 5.56 Å². The number of nitrogens with one attached hydrogen (secondary N) is 1. The van der Waals surface area contributed by atoms with Gasteiger partial charge in [-0.15, -0.1) is 13.2 Å². The van der Waals surface area contributed by atoms with Gasteiger partial charge in [-0.2, -0.15) is 0 Å². The Kier molecular flexibility index (Phi) is 6.45. The molecule has 0 unspecified atom stereocenters. The molecule has 1 saturated heterocycles. The Bertz CT molecular complexity index is 1160. The molecule has 2 aromatic carbocycles. The minimum absolute atomic E-state index is 0.321. The van der Waals surface area contributed by atoms with E-state index < -0.39 is 6.36 Å². The smallest absolute Gasteiger partial charge is 0.406 e. The fourth-order valence-corrected chi connectivity index (χ4v) is 3.40. The molecule has 1 fully saturated rings. The third-order valence-corrected chi connectivity index (χ3v) is 5.16. The van der Waals surface area contributed by atoms with Gasteiger partial charge in [0.15, 0.2) is 0 Å². The summed E-state index contributed by atoms with van der Waals surface area (Å²) in [4.78, 5) is 25.8. The van der Waals surface area contributed by atoms with Crippen molar-refractivity contribution in [1.29, 1.82) is 0 Å². The summed E-state index contributed by atoms with van der Waals surface area (Å²) in [7, 11) is 2.09. The average Bonchev–Trinajstić information content (AvgIpc) is 2.78. The van der Waals surface area contributed by atoms with Crippen LogP contribution in [0.5, 0.6) is 5.75 Å². The lowest BCUT2D eigenvalue weighted by molar-refractivity contribution is -0.274. The highest BCUT2D eigenvalue weighted by atomic mass is 19.4. The number of carbonyl (C=O) groups excluding carboxylic acids is 1. The van der Waals surface area contributed by atoms with Gasteiger partial charge in [-0.3, -0.25) is 4.79 Å². The Morgan fingerprint density at radius 2 is 1.82 bits per heavy atom. The molecule has 4 rings (SSSR count). The predicted molar refractivity (Wildman–Crippen MR) is 120 cm³/mol. The number of piperazine rings is 1. The van der Waals surface area contributed by atoms with E-state index in [0.29, 0.717) is 17.2 Å². The molecule has 10 heteroatoms. The topological polar surface area (TPSA) is 70.6 Å². The molecule has 1 aliphatic rings. The van der Waals surface area contributed by atoms with Crippen molar-refractivity contribution in [2.24, 2.45) is 0 Å². The van der Waals surface area contributed by atoms with E-state index in [1.54, 1.807) is 18.3 Å². The van der Waals surface area contributed by atoms with Crippen molar-refractivity contribution in [3.8, 4) is 5.75 Å². The minimum atomic E-state index is -4.74. The number of nitrogens with zero attached hydrogens (tertiary/aromatic N) is 4. The number of halogens is 3. The van der Waals surface area contributed by atoms with Crippen LogP contribution in [0.4, 0.5) is 24.8 Å². The number of amides is 1. The number of alkyl halides is 3. The third kappa shape index (κ3) is 6.19. The number of hydrogen-bond acceptors (Lipinski definition) is 6. The molecule has 0 radical (unpaired) electrons. The molecule has 0 spiro atoms. The maximum absolute atomic E-state index is 12.3. The Hall–Kier alpha value is -3.66. The van der Waals surface area contributed by atoms with Crippen molar-refractivity contribution in [3.63, 3.8) is 0 Å².